The standard InChI is InChI=1S/C11H14N4O3/c16-11(14-8-1-2-8)5-6-12-10-4-3-9(7-13-10)15(17)18/h3-4,7-8H,1-2,5-6H2,(H,12,13)(H,14,16). The average molecular weight is 250 g/mol. The summed E-state index contributed by atoms with van der Waals surface area (Å²) in [4.78, 5) is 25.2. The molecule has 0 bridgehead atoms. The van der Waals surface area contributed by atoms with Gasteiger partial charge in [-0.3, -0.25) is 14.9 Å². The Kier molecular flexibility index (Phi) is 3.71. The molecule has 2 N–H and O–H groups in total. The van der Waals surface area contributed by atoms with Gasteiger partial charge in [-0.2, -0.15) is 0 Å². The van der Waals surface area contributed by atoms with Crippen molar-refractivity contribution in [3.05, 3.63) is 28.4 Å². The fourth-order valence-electron chi connectivity index (χ4n) is 1.43. The van der Waals surface area contributed by atoms with Crippen LogP contribution in [0, 0.1) is 10.1 Å². The SMILES string of the molecule is O=C(CCNc1ccc([N+](=O)[O-])cn1)NC1CC1. The summed E-state index contributed by atoms with van der Waals surface area (Å²) in [6.07, 6.45) is 3.70. The van der Waals surface area contributed by atoms with E-state index in [0.717, 1.165) is 12.8 Å². The zero-order chi connectivity index (χ0) is 13.0. The molecule has 0 saturated heterocycles. The number of nitrogens with zero attached hydrogens (tertiary/aromatic N) is 2. The highest BCUT2D eigenvalue weighted by Crippen LogP contribution is 2.18. The molecule has 1 amide bonds. The first-order valence-corrected chi connectivity index (χ1v) is 5.79. The quantitative estimate of drug-likeness (QED) is 0.581. The number of aromatic nitrogens is 1. The number of hydrogen-bond donors (Lipinski definition) is 2. The summed E-state index contributed by atoms with van der Waals surface area (Å²) in [5.41, 5.74) is -0.0490. The minimum Gasteiger partial charge on any atom is -0.370 e. The molecule has 1 heterocycles. The summed E-state index contributed by atoms with van der Waals surface area (Å²) >= 11 is 0. The molecule has 0 unspecified atom stereocenters. The van der Waals surface area contributed by atoms with Crippen molar-refractivity contribution in [3.8, 4) is 0 Å². The minimum absolute atomic E-state index is 0.0203. The zero-order valence-corrected chi connectivity index (χ0v) is 9.76. The lowest BCUT2D eigenvalue weighted by Gasteiger charge is -2.05. The van der Waals surface area contributed by atoms with E-state index < -0.39 is 4.92 Å². The predicted molar refractivity (Wildman–Crippen MR) is 65.2 cm³/mol. The van der Waals surface area contributed by atoms with Crippen molar-refractivity contribution in [2.24, 2.45) is 0 Å². The van der Waals surface area contributed by atoms with Gasteiger partial charge in [0, 0.05) is 25.1 Å². The van der Waals surface area contributed by atoms with Gasteiger partial charge in [0.2, 0.25) is 5.91 Å². The Balaban J connectivity index is 1.72. The molecule has 1 aromatic rings. The molecule has 1 fully saturated rings. The predicted octanol–water partition coefficient (Wildman–Crippen LogP) is 1.07. The lowest BCUT2D eigenvalue weighted by atomic mass is 10.3. The Morgan fingerprint density at radius 1 is 1.50 bits per heavy atom. The molecule has 18 heavy (non-hydrogen) atoms. The van der Waals surface area contributed by atoms with Gasteiger partial charge in [0.15, 0.2) is 0 Å². The van der Waals surface area contributed by atoms with E-state index in [9.17, 15) is 14.9 Å². The second-order valence-electron chi connectivity index (χ2n) is 4.18. The molecular formula is C11H14N4O3. The largest absolute Gasteiger partial charge is 0.370 e. The van der Waals surface area contributed by atoms with Crippen LogP contribution in [-0.2, 0) is 4.79 Å². The summed E-state index contributed by atoms with van der Waals surface area (Å²) in [6.45, 7) is 0.462. The van der Waals surface area contributed by atoms with Crippen molar-refractivity contribution in [2.45, 2.75) is 25.3 Å². The molecule has 2 rings (SSSR count). The maximum absolute atomic E-state index is 11.4. The van der Waals surface area contributed by atoms with Gasteiger partial charge in [-0.05, 0) is 18.9 Å². The zero-order valence-electron chi connectivity index (χ0n) is 9.76. The van der Waals surface area contributed by atoms with Gasteiger partial charge < -0.3 is 10.6 Å². The van der Waals surface area contributed by atoms with E-state index in [1.807, 2.05) is 0 Å². The first-order chi connectivity index (χ1) is 8.65. The van der Waals surface area contributed by atoms with E-state index in [1.54, 1.807) is 0 Å². The van der Waals surface area contributed by atoms with Crippen LogP contribution in [0.1, 0.15) is 19.3 Å². The molecule has 1 aliphatic carbocycles. The summed E-state index contributed by atoms with van der Waals surface area (Å²) in [6, 6.07) is 3.27. The minimum atomic E-state index is -0.500. The molecule has 0 aromatic carbocycles. The number of rotatable bonds is 6. The normalized spacial score (nSPS) is 14.0. The Bertz CT molecular complexity index is 442. The van der Waals surface area contributed by atoms with Gasteiger partial charge in [0.05, 0.1) is 4.92 Å². The number of carbonyl (C=O) groups is 1. The molecule has 7 heteroatoms. The Hall–Kier alpha value is -2.18. The summed E-state index contributed by atoms with van der Waals surface area (Å²) in [5, 5.41) is 16.2. The molecule has 0 atom stereocenters. The molecular weight excluding hydrogens is 236 g/mol. The van der Waals surface area contributed by atoms with Crippen LogP contribution in [0.3, 0.4) is 0 Å². The first kappa shape index (κ1) is 12.3. The van der Waals surface area contributed by atoms with Crippen LogP contribution in [-0.4, -0.2) is 28.4 Å². The van der Waals surface area contributed by atoms with Crippen LogP contribution >= 0.6 is 0 Å². The highest BCUT2D eigenvalue weighted by Gasteiger charge is 2.22. The monoisotopic (exact) mass is 250 g/mol. The molecule has 7 nitrogen and oxygen atoms in total. The second kappa shape index (κ2) is 5.44. The number of amides is 1. The topological polar surface area (TPSA) is 97.2 Å². The molecule has 0 spiro atoms. The third-order valence-corrected chi connectivity index (χ3v) is 2.56. The third-order valence-electron chi connectivity index (χ3n) is 2.56. The van der Waals surface area contributed by atoms with Crippen LogP contribution in [0.4, 0.5) is 11.5 Å². The Morgan fingerprint density at radius 2 is 2.28 bits per heavy atom. The second-order valence-corrected chi connectivity index (χ2v) is 4.18. The van der Waals surface area contributed by atoms with Crippen LogP contribution in [0.25, 0.3) is 0 Å². The van der Waals surface area contributed by atoms with E-state index in [1.165, 1.54) is 18.3 Å². The van der Waals surface area contributed by atoms with Crippen molar-refractivity contribution >= 4 is 17.4 Å². The fourth-order valence-corrected chi connectivity index (χ4v) is 1.43. The smallest absolute Gasteiger partial charge is 0.287 e. The molecule has 1 saturated carbocycles. The van der Waals surface area contributed by atoms with E-state index in [-0.39, 0.29) is 11.6 Å². The Labute approximate surface area is 104 Å². The van der Waals surface area contributed by atoms with Crippen LogP contribution in [0.5, 0.6) is 0 Å². The average Bonchev–Trinajstić information content (AvgIpc) is 3.13. The number of hydrogen-bond acceptors (Lipinski definition) is 5. The number of pyridine rings is 1. The van der Waals surface area contributed by atoms with Crippen molar-refractivity contribution < 1.29 is 9.72 Å². The van der Waals surface area contributed by atoms with Gasteiger partial charge in [-0.1, -0.05) is 0 Å². The van der Waals surface area contributed by atoms with Crippen LogP contribution in [0.2, 0.25) is 0 Å². The lowest BCUT2D eigenvalue weighted by molar-refractivity contribution is -0.385. The third kappa shape index (κ3) is 3.69. The molecule has 1 aromatic heterocycles. The van der Waals surface area contributed by atoms with E-state index in [4.69, 9.17) is 0 Å². The molecule has 0 radical (unpaired) electrons. The van der Waals surface area contributed by atoms with E-state index >= 15 is 0 Å². The highest BCUT2D eigenvalue weighted by molar-refractivity contribution is 5.77. The fraction of sp³-hybridized carbons (Fsp3) is 0.455. The van der Waals surface area contributed by atoms with Crippen molar-refractivity contribution in [3.63, 3.8) is 0 Å². The number of carbonyl (C=O) groups excluding carboxylic acids is 1. The van der Waals surface area contributed by atoms with Gasteiger partial charge in [0.1, 0.15) is 12.0 Å². The van der Waals surface area contributed by atoms with E-state index in [0.29, 0.717) is 24.8 Å². The molecule has 96 valence electrons. The summed E-state index contributed by atoms with van der Waals surface area (Å²) < 4.78 is 0. The Morgan fingerprint density at radius 3 is 2.83 bits per heavy atom. The van der Waals surface area contributed by atoms with E-state index in [2.05, 4.69) is 15.6 Å². The highest BCUT2D eigenvalue weighted by atomic mass is 16.6. The van der Waals surface area contributed by atoms with Gasteiger partial charge >= 0.3 is 0 Å². The number of anilines is 1. The first-order valence-electron chi connectivity index (χ1n) is 5.79. The molecule has 0 aliphatic heterocycles. The number of nitrogens with one attached hydrogen (secondary N) is 2. The van der Waals surface area contributed by atoms with Gasteiger partial charge in [-0.25, -0.2) is 4.98 Å². The maximum Gasteiger partial charge on any atom is 0.287 e. The summed E-state index contributed by atoms with van der Waals surface area (Å²) in [5.74, 6) is 0.548. The molecule has 1 aliphatic rings. The van der Waals surface area contributed by atoms with Crippen LogP contribution < -0.4 is 10.6 Å². The summed E-state index contributed by atoms with van der Waals surface area (Å²) in [7, 11) is 0. The van der Waals surface area contributed by atoms with Crippen molar-refractivity contribution in [1.82, 2.24) is 10.3 Å². The maximum atomic E-state index is 11.4. The van der Waals surface area contributed by atoms with Gasteiger partial charge in [-0.15, -0.1) is 0 Å². The number of nitro groups is 1. The van der Waals surface area contributed by atoms with Crippen molar-refractivity contribution in [1.29, 1.82) is 0 Å². The van der Waals surface area contributed by atoms with Crippen LogP contribution in [0.15, 0.2) is 18.3 Å². The van der Waals surface area contributed by atoms with Gasteiger partial charge in [0.25, 0.3) is 5.69 Å². The lowest BCUT2D eigenvalue weighted by Crippen LogP contribution is -2.27. The van der Waals surface area contributed by atoms with Crippen molar-refractivity contribution in [2.75, 3.05) is 11.9 Å².